The first kappa shape index (κ1) is 11.3. The van der Waals surface area contributed by atoms with Gasteiger partial charge in [0.1, 0.15) is 23.1 Å². The van der Waals surface area contributed by atoms with Crippen molar-refractivity contribution in [1.29, 1.82) is 5.26 Å². The first-order valence-electron chi connectivity index (χ1n) is 6.01. The Balaban J connectivity index is 2.30. The van der Waals surface area contributed by atoms with E-state index < -0.39 is 6.04 Å². The fourth-order valence-electron chi connectivity index (χ4n) is 2.75. The largest absolute Gasteiger partial charge is 0.493 e. The Hall–Kier alpha value is -1.77. The van der Waals surface area contributed by atoms with Crippen LogP contribution >= 0.6 is 0 Å². The molecular formula is C13H14N2O3. The van der Waals surface area contributed by atoms with Crippen LogP contribution in [-0.2, 0) is 12.8 Å². The van der Waals surface area contributed by atoms with E-state index in [1.54, 1.807) is 0 Å². The summed E-state index contributed by atoms with van der Waals surface area (Å²) in [5.74, 6) is 1.33. The number of nitrogens with two attached hydrogens (primary N) is 1. The van der Waals surface area contributed by atoms with Crippen molar-refractivity contribution < 1.29 is 14.6 Å². The van der Waals surface area contributed by atoms with Crippen LogP contribution in [-0.4, -0.2) is 24.9 Å². The number of hydrogen-bond acceptors (Lipinski definition) is 5. The lowest BCUT2D eigenvalue weighted by Gasteiger charge is -2.18. The minimum Gasteiger partial charge on any atom is -0.493 e. The number of aliphatic hydroxyl groups is 1. The molecule has 1 unspecified atom stereocenters. The molecule has 0 spiro atoms. The molecule has 0 amide bonds. The third-order valence-electron chi connectivity index (χ3n) is 3.52. The molecule has 5 heteroatoms. The van der Waals surface area contributed by atoms with E-state index in [1.165, 1.54) is 0 Å². The summed E-state index contributed by atoms with van der Waals surface area (Å²) < 4.78 is 11.2. The van der Waals surface area contributed by atoms with Gasteiger partial charge in [0.05, 0.1) is 25.9 Å². The number of fused-ring (bicyclic) bond motifs is 2. The lowest BCUT2D eigenvalue weighted by atomic mass is 9.91. The Bertz CT molecular complexity index is 513. The van der Waals surface area contributed by atoms with Crippen LogP contribution in [0.4, 0.5) is 0 Å². The maximum Gasteiger partial charge on any atom is 0.141 e. The van der Waals surface area contributed by atoms with Crippen molar-refractivity contribution in [1.82, 2.24) is 0 Å². The first-order valence-corrected chi connectivity index (χ1v) is 6.01. The van der Waals surface area contributed by atoms with Gasteiger partial charge >= 0.3 is 0 Å². The molecular weight excluding hydrogens is 232 g/mol. The molecule has 2 heterocycles. The molecule has 0 saturated heterocycles. The molecule has 0 aromatic heterocycles. The minimum absolute atomic E-state index is 0.145. The van der Waals surface area contributed by atoms with Gasteiger partial charge in [-0.25, -0.2) is 0 Å². The van der Waals surface area contributed by atoms with Crippen LogP contribution in [0.2, 0.25) is 0 Å². The summed E-state index contributed by atoms with van der Waals surface area (Å²) in [6, 6.07) is 1.72. The monoisotopic (exact) mass is 246 g/mol. The highest BCUT2D eigenvalue weighted by molar-refractivity contribution is 5.66. The molecule has 3 rings (SSSR count). The Kier molecular flexibility index (Phi) is 2.62. The molecule has 18 heavy (non-hydrogen) atoms. The standard InChI is InChI=1S/C13H14N2O3/c14-5-9-7-1-3-18-13(7)11(10(15)6-16)8-2-4-17-12(8)9/h10,16H,1-4,6,15H2. The number of rotatable bonds is 2. The summed E-state index contributed by atoms with van der Waals surface area (Å²) in [7, 11) is 0. The van der Waals surface area contributed by atoms with Crippen LogP contribution in [0.25, 0.3) is 0 Å². The van der Waals surface area contributed by atoms with Gasteiger partial charge in [0.25, 0.3) is 0 Å². The van der Waals surface area contributed by atoms with Crippen LogP contribution in [0, 0.1) is 11.3 Å². The molecule has 1 aromatic carbocycles. The molecule has 0 bridgehead atoms. The first-order chi connectivity index (χ1) is 8.77. The van der Waals surface area contributed by atoms with Gasteiger partial charge in [0, 0.05) is 29.5 Å². The number of nitrogens with zero attached hydrogens (tertiary/aromatic N) is 1. The highest BCUT2D eigenvalue weighted by atomic mass is 16.5. The van der Waals surface area contributed by atoms with Gasteiger partial charge in [-0.2, -0.15) is 5.26 Å². The molecule has 2 aliphatic heterocycles. The third-order valence-corrected chi connectivity index (χ3v) is 3.52. The van der Waals surface area contributed by atoms with Crippen molar-refractivity contribution >= 4 is 0 Å². The van der Waals surface area contributed by atoms with E-state index >= 15 is 0 Å². The van der Waals surface area contributed by atoms with E-state index in [0.717, 1.165) is 16.7 Å². The van der Waals surface area contributed by atoms with Crippen LogP contribution in [0.3, 0.4) is 0 Å². The van der Waals surface area contributed by atoms with Crippen molar-refractivity contribution in [2.45, 2.75) is 18.9 Å². The second-order valence-corrected chi connectivity index (χ2v) is 4.50. The number of benzene rings is 1. The molecule has 2 aliphatic rings. The summed E-state index contributed by atoms with van der Waals surface area (Å²) in [5, 5.41) is 18.6. The lowest BCUT2D eigenvalue weighted by Crippen LogP contribution is -2.17. The van der Waals surface area contributed by atoms with Crippen molar-refractivity contribution in [2.24, 2.45) is 5.73 Å². The maximum atomic E-state index is 9.29. The SMILES string of the molecule is N#Cc1c2c(c(C(N)CO)c3c1OCC3)OCC2. The fraction of sp³-hybridized carbons (Fsp3) is 0.462. The predicted octanol–water partition coefficient (Wildman–Crippen LogP) is 0.420. The summed E-state index contributed by atoms with van der Waals surface area (Å²) in [4.78, 5) is 0. The number of ether oxygens (including phenoxy) is 2. The van der Waals surface area contributed by atoms with E-state index in [9.17, 15) is 10.4 Å². The van der Waals surface area contributed by atoms with Gasteiger partial charge in [-0.15, -0.1) is 0 Å². The summed E-state index contributed by atoms with van der Waals surface area (Å²) in [5.41, 5.74) is 9.15. The van der Waals surface area contributed by atoms with Crippen LogP contribution < -0.4 is 15.2 Å². The smallest absolute Gasteiger partial charge is 0.141 e. The Morgan fingerprint density at radius 3 is 2.56 bits per heavy atom. The Labute approximate surface area is 105 Å². The predicted molar refractivity (Wildman–Crippen MR) is 63.6 cm³/mol. The second-order valence-electron chi connectivity index (χ2n) is 4.50. The Morgan fingerprint density at radius 2 is 1.89 bits per heavy atom. The highest BCUT2D eigenvalue weighted by Crippen LogP contribution is 2.45. The van der Waals surface area contributed by atoms with Crippen molar-refractivity contribution in [3.05, 3.63) is 22.3 Å². The molecule has 0 saturated carbocycles. The molecule has 94 valence electrons. The average Bonchev–Trinajstić information content (AvgIpc) is 3.02. The third kappa shape index (κ3) is 1.40. The van der Waals surface area contributed by atoms with E-state index in [0.29, 0.717) is 43.1 Å². The zero-order valence-corrected chi connectivity index (χ0v) is 9.90. The van der Waals surface area contributed by atoms with Gasteiger partial charge in [0.2, 0.25) is 0 Å². The molecule has 0 radical (unpaired) electrons. The molecule has 0 fully saturated rings. The van der Waals surface area contributed by atoms with Gasteiger partial charge in [-0.05, 0) is 0 Å². The van der Waals surface area contributed by atoms with Gasteiger partial charge in [-0.1, -0.05) is 0 Å². The summed E-state index contributed by atoms with van der Waals surface area (Å²) in [6.45, 7) is 0.963. The molecule has 1 aromatic rings. The molecule has 1 atom stereocenters. The van der Waals surface area contributed by atoms with Gasteiger partial charge < -0.3 is 20.3 Å². The summed E-state index contributed by atoms with van der Waals surface area (Å²) in [6.07, 6.45) is 1.41. The average molecular weight is 246 g/mol. The summed E-state index contributed by atoms with van der Waals surface area (Å²) >= 11 is 0. The number of hydrogen-bond donors (Lipinski definition) is 2. The number of nitriles is 1. The van der Waals surface area contributed by atoms with E-state index in [-0.39, 0.29) is 6.61 Å². The zero-order chi connectivity index (χ0) is 12.7. The second kappa shape index (κ2) is 4.16. The molecule has 3 N–H and O–H groups in total. The molecule has 0 aliphatic carbocycles. The fourth-order valence-corrected chi connectivity index (χ4v) is 2.75. The van der Waals surface area contributed by atoms with E-state index in [2.05, 4.69) is 6.07 Å². The van der Waals surface area contributed by atoms with Crippen LogP contribution in [0.15, 0.2) is 0 Å². The maximum absolute atomic E-state index is 9.29. The van der Waals surface area contributed by atoms with Crippen molar-refractivity contribution in [3.63, 3.8) is 0 Å². The Morgan fingerprint density at radius 1 is 1.22 bits per heavy atom. The van der Waals surface area contributed by atoms with Gasteiger partial charge in [0.15, 0.2) is 0 Å². The topological polar surface area (TPSA) is 88.5 Å². The van der Waals surface area contributed by atoms with E-state index in [4.69, 9.17) is 15.2 Å². The number of aliphatic hydroxyl groups excluding tert-OH is 1. The van der Waals surface area contributed by atoms with Crippen molar-refractivity contribution in [3.8, 4) is 17.6 Å². The zero-order valence-electron chi connectivity index (χ0n) is 9.90. The van der Waals surface area contributed by atoms with Crippen LogP contribution in [0.5, 0.6) is 11.5 Å². The molecule has 5 nitrogen and oxygen atoms in total. The highest BCUT2D eigenvalue weighted by Gasteiger charge is 2.33. The van der Waals surface area contributed by atoms with Gasteiger partial charge in [-0.3, -0.25) is 0 Å². The lowest BCUT2D eigenvalue weighted by molar-refractivity contribution is 0.263. The van der Waals surface area contributed by atoms with E-state index in [1.807, 2.05) is 0 Å². The van der Waals surface area contributed by atoms with Crippen LogP contribution in [0.1, 0.15) is 28.3 Å². The quantitative estimate of drug-likeness (QED) is 0.789. The normalized spacial score (nSPS) is 17.4. The minimum atomic E-state index is -0.486. The van der Waals surface area contributed by atoms with Crippen molar-refractivity contribution in [2.75, 3.05) is 19.8 Å².